The van der Waals surface area contributed by atoms with Crippen molar-refractivity contribution in [2.45, 2.75) is 39.5 Å². The summed E-state index contributed by atoms with van der Waals surface area (Å²) in [5.74, 6) is 0.291. The van der Waals surface area contributed by atoms with Gasteiger partial charge in [0.05, 0.1) is 0 Å². The van der Waals surface area contributed by atoms with E-state index < -0.39 is 0 Å². The van der Waals surface area contributed by atoms with E-state index in [0.29, 0.717) is 10.8 Å². The first kappa shape index (κ1) is 11.4. The molecule has 0 aromatic heterocycles. The Hall–Kier alpha value is -0.690. The van der Waals surface area contributed by atoms with Crippen molar-refractivity contribution in [1.82, 2.24) is 0 Å². The Morgan fingerprint density at radius 2 is 1.86 bits per heavy atom. The van der Waals surface area contributed by atoms with Crippen LogP contribution in [0.25, 0.3) is 0 Å². The number of halogens is 1. The normalized spacial score (nSPS) is 11.8. The summed E-state index contributed by atoms with van der Waals surface area (Å²) in [6.45, 7) is 8.30. The summed E-state index contributed by atoms with van der Waals surface area (Å²) in [7, 11) is 0. The van der Waals surface area contributed by atoms with Gasteiger partial charge in [0.2, 0.25) is 0 Å². The van der Waals surface area contributed by atoms with Crippen LogP contribution in [0.2, 0.25) is 5.02 Å². The van der Waals surface area contributed by atoms with E-state index >= 15 is 0 Å². The number of hydrogen-bond acceptors (Lipinski definition) is 1. The molecule has 1 N–H and O–H groups in total. The molecule has 1 rings (SSSR count). The Morgan fingerprint density at radius 3 is 2.29 bits per heavy atom. The van der Waals surface area contributed by atoms with Gasteiger partial charge in [-0.3, -0.25) is 0 Å². The van der Waals surface area contributed by atoms with Gasteiger partial charge in [-0.05, 0) is 29.0 Å². The minimum Gasteiger partial charge on any atom is -0.508 e. The van der Waals surface area contributed by atoms with Crippen LogP contribution in [-0.4, -0.2) is 5.11 Å². The van der Waals surface area contributed by atoms with Gasteiger partial charge < -0.3 is 5.11 Å². The zero-order valence-electron chi connectivity index (χ0n) is 9.19. The van der Waals surface area contributed by atoms with Gasteiger partial charge in [0.1, 0.15) is 5.75 Å². The predicted octanol–water partition coefficient (Wildman–Crippen LogP) is 3.91. The summed E-state index contributed by atoms with van der Waals surface area (Å²) in [5, 5.41) is 10.4. The average Bonchev–Trinajstić information content (AvgIpc) is 2.02. The molecule has 1 aromatic rings. The zero-order chi connectivity index (χ0) is 10.9. The summed E-state index contributed by atoms with van der Waals surface area (Å²) in [6.07, 6.45) is 0.891. The molecule has 0 bridgehead atoms. The quantitative estimate of drug-likeness (QED) is 0.749. The summed E-state index contributed by atoms with van der Waals surface area (Å²) in [5.41, 5.74) is 2.01. The van der Waals surface area contributed by atoms with Crippen molar-refractivity contribution < 1.29 is 5.11 Å². The second kappa shape index (κ2) is 3.82. The fraction of sp³-hybridized carbons (Fsp3) is 0.500. The number of phenols is 1. The summed E-state index contributed by atoms with van der Waals surface area (Å²) in [4.78, 5) is 0. The summed E-state index contributed by atoms with van der Waals surface area (Å²) in [6, 6.07) is 3.64. The number of aromatic hydroxyl groups is 1. The third-order valence-electron chi connectivity index (χ3n) is 2.35. The monoisotopic (exact) mass is 212 g/mol. The Kier molecular flexibility index (Phi) is 3.10. The van der Waals surface area contributed by atoms with Crippen LogP contribution in [0.1, 0.15) is 38.8 Å². The molecule has 0 atom stereocenters. The van der Waals surface area contributed by atoms with Crippen molar-refractivity contribution in [3.63, 3.8) is 0 Å². The highest BCUT2D eigenvalue weighted by Crippen LogP contribution is 2.34. The maximum Gasteiger partial charge on any atom is 0.120 e. The summed E-state index contributed by atoms with van der Waals surface area (Å²) >= 11 is 5.99. The van der Waals surface area contributed by atoms with Crippen LogP contribution < -0.4 is 0 Å². The van der Waals surface area contributed by atoms with Gasteiger partial charge in [-0.25, -0.2) is 0 Å². The second-order valence-corrected chi connectivity index (χ2v) is 4.97. The number of rotatable bonds is 1. The summed E-state index contributed by atoms with van der Waals surface area (Å²) < 4.78 is 0. The molecular weight excluding hydrogens is 196 g/mol. The molecule has 78 valence electrons. The number of aryl methyl sites for hydroxylation is 1. The molecule has 0 spiro atoms. The van der Waals surface area contributed by atoms with Crippen molar-refractivity contribution in [1.29, 1.82) is 0 Å². The van der Waals surface area contributed by atoms with Crippen molar-refractivity contribution in [2.75, 3.05) is 0 Å². The Bertz CT molecular complexity index is 337. The molecule has 0 aliphatic carbocycles. The van der Waals surface area contributed by atoms with Gasteiger partial charge in [-0.15, -0.1) is 0 Å². The molecule has 14 heavy (non-hydrogen) atoms. The number of phenolic OH excluding ortho intramolecular Hbond substituents is 1. The van der Waals surface area contributed by atoms with E-state index in [0.717, 1.165) is 17.5 Å². The van der Waals surface area contributed by atoms with Crippen molar-refractivity contribution in [2.24, 2.45) is 0 Å². The first-order valence-electron chi connectivity index (χ1n) is 4.88. The van der Waals surface area contributed by atoms with Gasteiger partial charge in [0, 0.05) is 5.02 Å². The van der Waals surface area contributed by atoms with E-state index in [9.17, 15) is 5.11 Å². The van der Waals surface area contributed by atoms with E-state index in [1.165, 1.54) is 0 Å². The van der Waals surface area contributed by atoms with Crippen LogP contribution in [0.3, 0.4) is 0 Å². The molecule has 0 saturated carbocycles. The maximum absolute atomic E-state index is 9.76. The zero-order valence-corrected chi connectivity index (χ0v) is 9.94. The SMILES string of the molecule is CCc1cc(C(C)(C)C)c(O)cc1Cl. The van der Waals surface area contributed by atoms with E-state index in [2.05, 4.69) is 27.7 Å². The number of benzene rings is 1. The topological polar surface area (TPSA) is 20.2 Å². The first-order valence-corrected chi connectivity index (χ1v) is 5.26. The molecule has 0 aliphatic heterocycles. The maximum atomic E-state index is 9.76. The highest BCUT2D eigenvalue weighted by Gasteiger charge is 2.19. The third-order valence-corrected chi connectivity index (χ3v) is 2.71. The Labute approximate surface area is 90.7 Å². The molecule has 0 amide bonds. The van der Waals surface area contributed by atoms with E-state index in [1.807, 2.05) is 6.07 Å². The van der Waals surface area contributed by atoms with E-state index in [4.69, 9.17) is 11.6 Å². The smallest absolute Gasteiger partial charge is 0.120 e. The van der Waals surface area contributed by atoms with Crippen molar-refractivity contribution >= 4 is 11.6 Å². The molecule has 0 aliphatic rings. The minimum atomic E-state index is -0.0431. The van der Waals surface area contributed by atoms with Crippen LogP contribution in [-0.2, 0) is 11.8 Å². The van der Waals surface area contributed by atoms with Gasteiger partial charge in [0.25, 0.3) is 0 Å². The molecule has 1 aromatic carbocycles. The average molecular weight is 213 g/mol. The largest absolute Gasteiger partial charge is 0.508 e. The highest BCUT2D eigenvalue weighted by molar-refractivity contribution is 6.31. The molecular formula is C12H17ClO. The Balaban J connectivity index is 3.32. The lowest BCUT2D eigenvalue weighted by Crippen LogP contribution is -2.11. The van der Waals surface area contributed by atoms with Gasteiger partial charge in [0.15, 0.2) is 0 Å². The third kappa shape index (κ3) is 2.21. The van der Waals surface area contributed by atoms with Crippen LogP contribution >= 0.6 is 11.6 Å². The van der Waals surface area contributed by atoms with Gasteiger partial charge in [-0.1, -0.05) is 45.4 Å². The fourth-order valence-electron chi connectivity index (χ4n) is 1.48. The van der Waals surface area contributed by atoms with Crippen molar-refractivity contribution in [3.05, 3.63) is 28.3 Å². The first-order chi connectivity index (χ1) is 6.36. The van der Waals surface area contributed by atoms with Gasteiger partial charge in [-0.2, -0.15) is 0 Å². The van der Waals surface area contributed by atoms with Crippen molar-refractivity contribution in [3.8, 4) is 5.75 Å². The lowest BCUT2D eigenvalue weighted by molar-refractivity contribution is 0.446. The fourth-order valence-corrected chi connectivity index (χ4v) is 1.77. The molecule has 0 heterocycles. The molecule has 0 radical (unpaired) electrons. The van der Waals surface area contributed by atoms with E-state index in [-0.39, 0.29) is 5.41 Å². The van der Waals surface area contributed by atoms with Crippen LogP contribution in [0.5, 0.6) is 5.75 Å². The Morgan fingerprint density at radius 1 is 1.29 bits per heavy atom. The van der Waals surface area contributed by atoms with Crippen LogP contribution in [0, 0.1) is 0 Å². The molecule has 0 fully saturated rings. The predicted molar refractivity (Wildman–Crippen MR) is 61.2 cm³/mol. The molecule has 0 unspecified atom stereocenters. The molecule has 1 nitrogen and oxygen atoms in total. The lowest BCUT2D eigenvalue weighted by atomic mass is 9.85. The second-order valence-electron chi connectivity index (χ2n) is 4.56. The number of hydrogen-bond donors (Lipinski definition) is 1. The molecule has 2 heteroatoms. The van der Waals surface area contributed by atoms with E-state index in [1.54, 1.807) is 6.07 Å². The minimum absolute atomic E-state index is 0.0431. The standard InChI is InChI=1S/C12H17ClO/c1-5-8-6-9(12(2,3)4)11(14)7-10(8)13/h6-7,14H,5H2,1-4H3. The van der Waals surface area contributed by atoms with Crippen LogP contribution in [0.4, 0.5) is 0 Å². The lowest BCUT2D eigenvalue weighted by Gasteiger charge is -2.21. The van der Waals surface area contributed by atoms with Gasteiger partial charge >= 0.3 is 0 Å². The highest BCUT2D eigenvalue weighted by atomic mass is 35.5. The van der Waals surface area contributed by atoms with Crippen LogP contribution in [0.15, 0.2) is 12.1 Å². The molecule has 0 saturated heterocycles.